The van der Waals surface area contributed by atoms with Crippen LogP contribution < -0.4 is 14.8 Å². The number of benzene rings is 3. The molecule has 0 aliphatic carbocycles. The number of hydrogen-bond acceptors (Lipinski definition) is 7. The number of anilines is 1. The summed E-state index contributed by atoms with van der Waals surface area (Å²) in [4.78, 5) is 23.4. The molecule has 0 radical (unpaired) electrons. The van der Waals surface area contributed by atoms with E-state index < -0.39 is 0 Å². The van der Waals surface area contributed by atoms with Crippen LogP contribution in [0.3, 0.4) is 0 Å². The number of likely N-dealkylation sites (tertiary alicyclic amines) is 2. The van der Waals surface area contributed by atoms with Crippen LogP contribution in [0.25, 0.3) is 11.0 Å². The van der Waals surface area contributed by atoms with Crippen molar-refractivity contribution in [3.8, 4) is 11.5 Å². The summed E-state index contributed by atoms with van der Waals surface area (Å²) < 4.78 is 19.0. The van der Waals surface area contributed by atoms with Gasteiger partial charge in [-0.3, -0.25) is 4.79 Å². The van der Waals surface area contributed by atoms with Crippen LogP contribution in [0, 0.1) is 6.92 Å². The van der Waals surface area contributed by atoms with Gasteiger partial charge in [0, 0.05) is 56.4 Å². The summed E-state index contributed by atoms with van der Waals surface area (Å²) in [7, 11) is 3.20. The number of fused-ring (bicyclic) bond motifs is 1. The lowest BCUT2D eigenvalue weighted by Crippen LogP contribution is -2.42. The Hall–Kier alpha value is -3.50. The first-order valence-corrected chi connectivity index (χ1v) is 18.0. The molecular formula is C38H47Cl2N5O4. The minimum absolute atomic E-state index is 0.00912. The Kier molecular flexibility index (Phi) is 11.2. The van der Waals surface area contributed by atoms with E-state index in [-0.39, 0.29) is 11.3 Å². The van der Waals surface area contributed by atoms with Crippen molar-refractivity contribution in [1.82, 2.24) is 19.4 Å². The molecule has 2 saturated heterocycles. The zero-order chi connectivity index (χ0) is 34.5. The minimum atomic E-state index is -0.240. The zero-order valence-electron chi connectivity index (χ0n) is 28.9. The monoisotopic (exact) mass is 707 g/mol. The first-order chi connectivity index (χ1) is 23.7. The molecule has 2 aliphatic heterocycles. The third-order valence-electron chi connectivity index (χ3n) is 10.2. The summed E-state index contributed by atoms with van der Waals surface area (Å²) in [6.07, 6.45) is 3.80. The van der Waals surface area contributed by atoms with Gasteiger partial charge in [0.15, 0.2) is 11.5 Å². The van der Waals surface area contributed by atoms with E-state index in [0.29, 0.717) is 59.5 Å². The van der Waals surface area contributed by atoms with Crippen LogP contribution in [0.5, 0.6) is 11.5 Å². The first-order valence-electron chi connectivity index (χ1n) is 17.2. The Morgan fingerprint density at radius 1 is 1.00 bits per heavy atom. The Balaban J connectivity index is 1.13. The van der Waals surface area contributed by atoms with Gasteiger partial charge in [-0.2, -0.15) is 0 Å². The van der Waals surface area contributed by atoms with Gasteiger partial charge in [-0.05, 0) is 93.6 Å². The maximum atomic E-state index is 13.9. The quantitative estimate of drug-likeness (QED) is 0.145. The van der Waals surface area contributed by atoms with Crippen LogP contribution in [0.1, 0.15) is 54.1 Å². The summed E-state index contributed by atoms with van der Waals surface area (Å²) in [5.41, 5.74) is 4.47. The second-order valence-corrected chi connectivity index (χ2v) is 14.0. The number of aromatic nitrogens is 2. The fraction of sp³-hybridized carbons (Fsp3) is 0.474. The van der Waals surface area contributed by atoms with Crippen LogP contribution in [-0.2, 0) is 16.7 Å². The van der Waals surface area contributed by atoms with Crippen molar-refractivity contribution in [2.24, 2.45) is 0 Å². The van der Waals surface area contributed by atoms with Crippen LogP contribution >= 0.6 is 23.2 Å². The number of carbonyl (C=O) groups excluding carboxylic acids is 1. The summed E-state index contributed by atoms with van der Waals surface area (Å²) >= 11 is 12.9. The predicted octanol–water partition coefficient (Wildman–Crippen LogP) is 7.46. The molecule has 3 heterocycles. The molecule has 6 rings (SSSR count). The van der Waals surface area contributed by atoms with E-state index in [1.54, 1.807) is 20.3 Å². The number of halogens is 2. The molecule has 4 aromatic rings. The summed E-state index contributed by atoms with van der Waals surface area (Å²) in [5, 5.41) is 4.84. The fourth-order valence-corrected chi connectivity index (χ4v) is 7.78. The maximum absolute atomic E-state index is 13.9. The second-order valence-electron chi connectivity index (χ2n) is 13.2. The molecule has 1 atom stereocenters. The van der Waals surface area contributed by atoms with Crippen LogP contribution in [-0.4, -0.2) is 91.5 Å². The standard InChI is InChI=1S/C38H47Cl2N5O4/c1-5-49-21-20-45-33-9-7-6-8-32(33)42-37(45)41-29-12-16-43(17-13-29)18-14-38(28-10-11-30(39)31(40)24-28)15-19-44(25-38)36(46)27-22-26(2)35(48-4)34(23-27)47-3/h6-11,22-24,29H,5,12-21,25H2,1-4H3,(H,41,42). The average molecular weight is 709 g/mol. The van der Waals surface area contributed by atoms with Crippen molar-refractivity contribution in [1.29, 1.82) is 0 Å². The molecule has 11 heteroatoms. The lowest BCUT2D eigenvalue weighted by Gasteiger charge is -2.36. The van der Waals surface area contributed by atoms with Gasteiger partial charge in [0.1, 0.15) is 0 Å². The second kappa shape index (κ2) is 15.6. The third-order valence-corrected chi connectivity index (χ3v) is 11.0. The largest absolute Gasteiger partial charge is 0.493 e. The number of carbonyl (C=O) groups is 1. The highest BCUT2D eigenvalue weighted by atomic mass is 35.5. The van der Waals surface area contributed by atoms with E-state index in [2.05, 4.69) is 39.0 Å². The van der Waals surface area contributed by atoms with Gasteiger partial charge in [-0.1, -0.05) is 41.4 Å². The van der Waals surface area contributed by atoms with Gasteiger partial charge < -0.3 is 33.9 Å². The van der Waals surface area contributed by atoms with Crippen molar-refractivity contribution in [3.05, 3.63) is 81.3 Å². The van der Waals surface area contributed by atoms with Gasteiger partial charge in [-0.15, -0.1) is 0 Å². The number of nitrogens with zero attached hydrogens (tertiary/aromatic N) is 4. The molecule has 1 aromatic heterocycles. The molecule has 262 valence electrons. The molecule has 1 N–H and O–H groups in total. The minimum Gasteiger partial charge on any atom is -0.493 e. The molecule has 0 saturated carbocycles. The topological polar surface area (TPSA) is 81.1 Å². The Labute approximate surface area is 299 Å². The maximum Gasteiger partial charge on any atom is 0.254 e. The average Bonchev–Trinajstić information content (AvgIpc) is 3.71. The molecule has 1 unspecified atom stereocenters. The Morgan fingerprint density at radius 2 is 1.80 bits per heavy atom. The molecular weight excluding hydrogens is 661 g/mol. The van der Waals surface area contributed by atoms with Crippen LogP contribution in [0.2, 0.25) is 10.0 Å². The molecule has 2 aliphatic rings. The number of piperidine rings is 1. The number of amides is 1. The highest BCUT2D eigenvalue weighted by Gasteiger charge is 2.42. The number of ether oxygens (including phenoxy) is 3. The van der Waals surface area contributed by atoms with E-state index in [9.17, 15) is 4.79 Å². The zero-order valence-corrected chi connectivity index (χ0v) is 30.4. The van der Waals surface area contributed by atoms with Crippen molar-refractivity contribution in [3.63, 3.8) is 0 Å². The Bertz CT molecular complexity index is 1770. The van der Waals surface area contributed by atoms with Gasteiger partial charge in [-0.25, -0.2) is 4.98 Å². The number of aryl methyl sites for hydroxylation is 1. The highest BCUT2D eigenvalue weighted by Crippen LogP contribution is 2.41. The highest BCUT2D eigenvalue weighted by molar-refractivity contribution is 6.42. The normalized spacial score (nSPS) is 18.7. The van der Waals surface area contributed by atoms with Gasteiger partial charge in [0.05, 0.1) is 41.9 Å². The van der Waals surface area contributed by atoms with Crippen LogP contribution in [0.4, 0.5) is 5.95 Å². The third kappa shape index (κ3) is 7.65. The number of methoxy groups -OCH3 is 2. The predicted molar refractivity (Wildman–Crippen MR) is 197 cm³/mol. The van der Waals surface area contributed by atoms with E-state index >= 15 is 0 Å². The lowest BCUT2D eigenvalue weighted by atomic mass is 9.76. The molecule has 2 fully saturated rings. The smallest absolute Gasteiger partial charge is 0.254 e. The van der Waals surface area contributed by atoms with Crippen LogP contribution in [0.15, 0.2) is 54.6 Å². The van der Waals surface area contributed by atoms with Gasteiger partial charge in [0.2, 0.25) is 5.95 Å². The van der Waals surface area contributed by atoms with E-state index in [1.165, 1.54) is 0 Å². The van der Waals surface area contributed by atoms with Crippen molar-refractivity contribution in [2.75, 3.05) is 65.5 Å². The fourth-order valence-electron chi connectivity index (χ4n) is 7.48. The van der Waals surface area contributed by atoms with Gasteiger partial charge >= 0.3 is 0 Å². The molecule has 1 amide bonds. The molecule has 49 heavy (non-hydrogen) atoms. The summed E-state index contributed by atoms with van der Waals surface area (Å²) in [6.45, 7) is 10.2. The number of nitrogens with one attached hydrogen (secondary N) is 1. The summed E-state index contributed by atoms with van der Waals surface area (Å²) in [5.74, 6) is 2.11. The van der Waals surface area contributed by atoms with E-state index in [4.69, 9.17) is 42.4 Å². The molecule has 3 aromatic carbocycles. The lowest BCUT2D eigenvalue weighted by molar-refractivity contribution is 0.0779. The van der Waals surface area contributed by atoms with Crippen molar-refractivity contribution < 1.29 is 19.0 Å². The van der Waals surface area contributed by atoms with E-state index in [0.717, 1.165) is 80.0 Å². The summed E-state index contributed by atoms with van der Waals surface area (Å²) in [6, 6.07) is 18.2. The number of para-hydroxylation sites is 2. The molecule has 0 spiro atoms. The van der Waals surface area contributed by atoms with Crippen molar-refractivity contribution in [2.45, 2.75) is 57.5 Å². The first kappa shape index (κ1) is 35.3. The number of hydrogen-bond donors (Lipinski definition) is 1. The molecule has 0 bridgehead atoms. The number of imidazole rings is 1. The van der Waals surface area contributed by atoms with Crippen molar-refractivity contribution >= 4 is 46.1 Å². The number of rotatable bonds is 13. The van der Waals surface area contributed by atoms with E-state index in [1.807, 2.05) is 43.0 Å². The van der Waals surface area contributed by atoms with Gasteiger partial charge in [0.25, 0.3) is 5.91 Å². The SMILES string of the molecule is CCOCCn1c(NC2CCN(CCC3(c4ccc(Cl)c(Cl)c4)CCN(C(=O)c4cc(C)c(OC)c(OC)c4)C3)CC2)nc2ccccc21. The molecule has 9 nitrogen and oxygen atoms in total. The Morgan fingerprint density at radius 3 is 2.53 bits per heavy atom.